The highest BCUT2D eigenvalue weighted by molar-refractivity contribution is 5.99. The molecule has 7 nitrogen and oxygen atoms in total. The van der Waals surface area contributed by atoms with E-state index in [1.54, 1.807) is 24.4 Å². The number of aromatic nitrogens is 1. The summed E-state index contributed by atoms with van der Waals surface area (Å²) in [4.78, 5) is 41.1. The molecule has 1 aliphatic rings. The van der Waals surface area contributed by atoms with Gasteiger partial charge in [0.05, 0.1) is 6.61 Å². The number of methoxy groups -OCH3 is 1. The molecular weight excluding hydrogens is 382 g/mol. The number of pyridine rings is 1. The quantitative estimate of drug-likeness (QED) is 0.735. The molecule has 1 aromatic rings. The summed E-state index contributed by atoms with van der Waals surface area (Å²) >= 11 is 0. The fourth-order valence-corrected chi connectivity index (χ4v) is 3.85. The second kappa shape index (κ2) is 10.2. The van der Waals surface area contributed by atoms with Gasteiger partial charge >= 0.3 is 0 Å². The Balaban J connectivity index is 2.54. The molecule has 0 unspecified atom stereocenters. The topological polar surface area (TPSA) is 80.6 Å². The average Bonchev–Trinajstić information content (AvgIpc) is 2.67. The molecule has 1 aromatic heterocycles. The normalized spacial score (nSPS) is 15.3. The zero-order chi connectivity index (χ0) is 22.5. The number of rotatable bonds is 7. The van der Waals surface area contributed by atoms with E-state index in [2.05, 4.69) is 5.32 Å². The molecule has 168 valence electrons. The molecule has 0 aromatic carbocycles. The third-order valence-electron chi connectivity index (χ3n) is 5.43. The molecule has 2 amide bonds. The van der Waals surface area contributed by atoms with Crippen LogP contribution in [-0.4, -0.2) is 53.1 Å². The molecule has 0 bridgehead atoms. The summed E-state index contributed by atoms with van der Waals surface area (Å²) in [5.41, 5.74) is -0.928. The van der Waals surface area contributed by atoms with E-state index >= 15 is 0 Å². The monoisotopic (exact) mass is 419 g/mol. The van der Waals surface area contributed by atoms with Gasteiger partial charge in [-0.25, -0.2) is 0 Å². The van der Waals surface area contributed by atoms with Gasteiger partial charge in [0.1, 0.15) is 11.1 Å². The highest BCUT2D eigenvalue weighted by atomic mass is 16.5. The van der Waals surface area contributed by atoms with Crippen LogP contribution in [0.25, 0.3) is 0 Å². The lowest BCUT2D eigenvalue weighted by atomic mass is 9.95. The first-order valence-electron chi connectivity index (χ1n) is 10.9. The first-order valence-corrected chi connectivity index (χ1v) is 10.9. The molecule has 0 radical (unpaired) electrons. The summed E-state index contributed by atoms with van der Waals surface area (Å²) in [5, 5.41) is 2.86. The minimum Gasteiger partial charge on any atom is -0.383 e. The Labute approximate surface area is 179 Å². The van der Waals surface area contributed by atoms with Crippen LogP contribution in [0.4, 0.5) is 0 Å². The van der Waals surface area contributed by atoms with Gasteiger partial charge in [0.2, 0.25) is 5.43 Å². The summed E-state index contributed by atoms with van der Waals surface area (Å²) < 4.78 is 7.05. The van der Waals surface area contributed by atoms with Crippen molar-refractivity contribution in [3.05, 3.63) is 33.7 Å². The van der Waals surface area contributed by atoms with Crippen molar-refractivity contribution in [2.75, 3.05) is 20.3 Å². The third-order valence-corrected chi connectivity index (χ3v) is 5.43. The molecule has 1 N–H and O–H groups in total. The van der Waals surface area contributed by atoms with E-state index in [1.807, 2.05) is 39.2 Å². The van der Waals surface area contributed by atoms with E-state index in [1.165, 1.54) is 6.42 Å². The van der Waals surface area contributed by atoms with E-state index in [0.29, 0.717) is 13.2 Å². The van der Waals surface area contributed by atoms with Gasteiger partial charge in [0, 0.05) is 43.7 Å². The van der Waals surface area contributed by atoms with Gasteiger partial charge in [-0.15, -0.1) is 0 Å². The van der Waals surface area contributed by atoms with Crippen LogP contribution in [0.1, 0.15) is 93.5 Å². The summed E-state index contributed by atoms with van der Waals surface area (Å²) in [6.45, 7) is 10.2. The predicted octanol–water partition coefficient (Wildman–Crippen LogP) is 3.38. The molecule has 1 fully saturated rings. The van der Waals surface area contributed by atoms with Gasteiger partial charge in [-0.2, -0.15) is 0 Å². The predicted molar refractivity (Wildman–Crippen MR) is 118 cm³/mol. The molecule has 2 rings (SSSR count). The number of nitrogens with zero attached hydrogens (tertiary/aromatic N) is 2. The zero-order valence-electron chi connectivity index (χ0n) is 19.3. The van der Waals surface area contributed by atoms with Crippen molar-refractivity contribution in [1.29, 1.82) is 0 Å². The number of hydrogen-bond donors (Lipinski definition) is 1. The average molecular weight is 420 g/mol. The Morgan fingerprint density at radius 3 is 2.30 bits per heavy atom. The van der Waals surface area contributed by atoms with Crippen molar-refractivity contribution in [3.8, 4) is 0 Å². The molecule has 1 aliphatic carbocycles. The number of ether oxygens (including phenoxy) is 1. The molecule has 7 heteroatoms. The van der Waals surface area contributed by atoms with E-state index in [0.717, 1.165) is 25.7 Å². The van der Waals surface area contributed by atoms with Crippen LogP contribution in [0.3, 0.4) is 0 Å². The lowest BCUT2D eigenvalue weighted by molar-refractivity contribution is 0.0632. The van der Waals surface area contributed by atoms with Gasteiger partial charge < -0.3 is 19.5 Å². The van der Waals surface area contributed by atoms with Crippen LogP contribution >= 0.6 is 0 Å². The smallest absolute Gasteiger partial charge is 0.259 e. The van der Waals surface area contributed by atoms with Gasteiger partial charge in [0.15, 0.2) is 0 Å². The highest BCUT2D eigenvalue weighted by Crippen LogP contribution is 2.28. The molecule has 0 spiro atoms. The molecule has 1 saturated carbocycles. The van der Waals surface area contributed by atoms with Gasteiger partial charge in [-0.1, -0.05) is 19.3 Å². The minimum absolute atomic E-state index is 0.0248. The number of carbonyl (C=O) groups is 2. The van der Waals surface area contributed by atoms with Crippen molar-refractivity contribution in [2.45, 2.75) is 84.3 Å². The Hall–Kier alpha value is -2.15. The lowest BCUT2D eigenvalue weighted by Gasteiger charge is -2.29. The fourth-order valence-electron chi connectivity index (χ4n) is 3.85. The second-order valence-corrected chi connectivity index (χ2v) is 9.44. The second-order valence-electron chi connectivity index (χ2n) is 9.44. The fraction of sp³-hybridized carbons (Fsp3) is 0.696. The summed E-state index contributed by atoms with van der Waals surface area (Å²) in [5.74, 6) is -0.804. The molecule has 0 aliphatic heterocycles. The van der Waals surface area contributed by atoms with Crippen molar-refractivity contribution in [1.82, 2.24) is 14.8 Å². The van der Waals surface area contributed by atoms with Gasteiger partial charge in [-0.3, -0.25) is 14.4 Å². The maximum absolute atomic E-state index is 13.3. The Morgan fingerprint density at radius 1 is 1.17 bits per heavy atom. The number of carbonyl (C=O) groups excluding carboxylic acids is 2. The minimum atomic E-state index is -0.517. The van der Waals surface area contributed by atoms with Crippen molar-refractivity contribution in [2.24, 2.45) is 0 Å². The molecular formula is C23H37N3O4. The van der Waals surface area contributed by atoms with Gasteiger partial charge in [-0.05, 0) is 47.5 Å². The lowest BCUT2D eigenvalue weighted by Crippen LogP contribution is -2.45. The largest absolute Gasteiger partial charge is 0.383 e. The van der Waals surface area contributed by atoms with E-state index in [4.69, 9.17) is 4.74 Å². The van der Waals surface area contributed by atoms with Gasteiger partial charge in [0.25, 0.3) is 11.8 Å². The maximum atomic E-state index is 13.3. The van der Waals surface area contributed by atoms with Crippen LogP contribution in [0, 0.1) is 0 Å². The molecule has 30 heavy (non-hydrogen) atoms. The van der Waals surface area contributed by atoms with Crippen LogP contribution in [0.5, 0.6) is 0 Å². The number of hydrogen-bond acceptors (Lipinski definition) is 4. The Morgan fingerprint density at radius 2 is 1.77 bits per heavy atom. The Bertz CT molecular complexity index is 802. The zero-order valence-corrected chi connectivity index (χ0v) is 19.3. The van der Waals surface area contributed by atoms with E-state index < -0.39 is 16.9 Å². The third kappa shape index (κ3) is 6.17. The molecule has 1 heterocycles. The van der Waals surface area contributed by atoms with E-state index in [9.17, 15) is 14.4 Å². The standard InChI is InChI=1S/C23H37N3O4/c1-16(2)26(12-13-30-6)22(29)19-15-25(17-10-8-7-9-11-17)14-18(20(19)27)21(28)24-23(3,4)5/h14-17H,7-13H2,1-6H3,(H,24,28). The van der Waals surface area contributed by atoms with Crippen molar-refractivity contribution in [3.63, 3.8) is 0 Å². The van der Waals surface area contributed by atoms with Crippen LogP contribution in [0.2, 0.25) is 0 Å². The molecule has 0 saturated heterocycles. The van der Waals surface area contributed by atoms with E-state index in [-0.39, 0.29) is 29.1 Å². The van der Waals surface area contributed by atoms with Crippen molar-refractivity contribution >= 4 is 11.8 Å². The molecule has 0 atom stereocenters. The highest BCUT2D eigenvalue weighted by Gasteiger charge is 2.27. The van der Waals surface area contributed by atoms with Crippen LogP contribution in [-0.2, 0) is 4.74 Å². The number of nitrogens with one attached hydrogen (secondary N) is 1. The first-order chi connectivity index (χ1) is 14.0. The van der Waals surface area contributed by atoms with Crippen molar-refractivity contribution < 1.29 is 14.3 Å². The van der Waals surface area contributed by atoms with Crippen LogP contribution < -0.4 is 10.7 Å². The maximum Gasteiger partial charge on any atom is 0.259 e. The Kier molecular flexibility index (Phi) is 8.24. The summed E-state index contributed by atoms with van der Waals surface area (Å²) in [6, 6.07) is 0.0980. The number of amides is 2. The van der Waals surface area contributed by atoms with Crippen LogP contribution in [0.15, 0.2) is 17.2 Å². The summed E-state index contributed by atoms with van der Waals surface area (Å²) in [6.07, 6.45) is 8.65. The summed E-state index contributed by atoms with van der Waals surface area (Å²) in [7, 11) is 1.58. The first kappa shape index (κ1) is 24.1. The SMILES string of the molecule is COCCN(C(=O)c1cn(C2CCCCC2)cc(C(=O)NC(C)(C)C)c1=O)C(C)C.